The van der Waals surface area contributed by atoms with E-state index in [9.17, 15) is 0 Å². The number of nitrogens with zero attached hydrogens (tertiary/aromatic N) is 1. The van der Waals surface area contributed by atoms with Crippen molar-refractivity contribution >= 4 is 6.21 Å². The van der Waals surface area contributed by atoms with Crippen LogP contribution < -0.4 is 14.2 Å². The minimum absolute atomic E-state index is 0.186. The molecular weight excluding hydrogens is 186 g/mol. The van der Waals surface area contributed by atoms with Crippen LogP contribution in [0.25, 0.3) is 0 Å². The van der Waals surface area contributed by atoms with E-state index < -0.39 is 0 Å². The molecule has 0 aromatic heterocycles. The number of hydrogen-bond acceptors (Lipinski definition) is 5. The van der Waals surface area contributed by atoms with Gasteiger partial charge in [0.15, 0.2) is 11.5 Å². The first-order valence-electron chi connectivity index (χ1n) is 4.00. The molecule has 0 saturated carbocycles. The van der Waals surface area contributed by atoms with Gasteiger partial charge in [0.1, 0.15) is 0 Å². The van der Waals surface area contributed by atoms with Gasteiger partial charge >= 0.3 is 0 Å². The van der Waals surface area contributed by atoms with Gasteiger partial charge in [-0.3, -0.25) is 0 Å². The van der Waals surface area contributed by atoms with E-state index >= 15 is 0 Å². The Labute approximate surface area is 80.5 Å². The normalized spacial score (nSPS) is 13.5. The predicted octanol–water partition coefficient (Wildman–Crippen LogP) is 1.23. The number of fused-ring (bicyclic) bond motifs is 1. The summed E-state index contributed by atoms with van der Waals surface area (Å²) >= 11 is 0. The zero-order chi connectivity index (χ0) is 9.97. The van der Waals surface area contributed by atoms with Gasteiger partial charge in [0.2, 0.25) is 12.5 Å². The van der Waals surface area contributed by atoms with Gasteiger partial charge in [-0.05, 0) is 12.1 Å². The van der Waals surface area contributed by atoms with E-state index in [2.05, 4.69) is 5.16 Å². The van der Waals surface area contributed by atoms with E-state index in [-0.39, 0.29) is 6.79 Å². The maximum Gasteiger partial charge on any atom is 0.231 e. The minimum atomic E-state index is 0.186. The van der Waals surface area contributed by atoms with Gasteiger partial charge in [0.25, 0.3) is 0 Å². The van der Waals surface area contributed by atoms with Crippen molar-refractivity contribution in [2.45, 2.75) is 0 Å². The maximum absolute atomic E-state index is 8.39. The largest absolute Gasteiger partial charge is 0.493 e. The second-order valence-corrected chi connectivity index (χ2v) is 2.70. The SMILES string of the molecule is COc1cc(C=NO)cc2c1OCO2. The summed E-state index contributed by atoms with van der Waals surface area (Å²) in [6, 6.07) is 3.41. The third-order valence-electron chi connectivity index (χ3n) is 1.89. The molecule has 0 fully saturated rings. The summed E-state index contributed by atoms with van der Waals surface area (Å²) in [5.41, 5.74) is 0.689. The molecule has 1 aromatic carbocycles. The number of benzene rings is 1. The van der Waals surface area contributed by atoms with Crippen molar-refractivity contribution in [3.63, 3.8) is 0 Å². The first kappa shape index (κ1) is 8.68. The lowest BCUT2D eigenvalue weighted by Crippen LogP contribution is -1.93. The van der Waals surface area contributed by atoms with Gasteiger partial charge in [0.05, 0.1) is 13.3 Å². The molecule has 1 aliphatic heterocycles. The van der Waals surface area contributed by atoms with Crippen LogP contribution in [0, 0.1) is 0 Å². The Kier molecular flexibility index (Phi) is 2.14. The number of hydrogen-bond donors (Lipinski definition) is 1. The summed E-state index contributed by atoms with van der Waals surface area (Å²) in [6.45, 7) is 0.186. The van der Waals surface area contributed by atoms with Gasteiger partial charge in [-0.25, -0.2) is 0 Å². The van der Waals surface area contributed by atoms with E-state index in [1.807, 2.05) is 0 Å². The molecule has 1 aliphatic rings. The summed E-state index contributed by atoms with van der Waals surface area (Å²) in [7, 11) is 1.54. The summed E-state index contributed by atoms with van der Waals surface area (Å²) in [5.74, 6) is 1.75. The van der Waals surface area contributed by atoms with Crippen LogP contribution in [0.2, 0.25) is 0 Å². The van der Waals surface area contributed by atoms with Crippen molar-refractivity contribution in [2.24, 2.45) is 5.16 Å². The Morgan fingerprint density at radius 2 is 2.36 bits per heavy atom. The molecule has 0 aliphatic carbocycles. The molecule has 1 aromatic rings. The molecule has 14 heavy (non-hydrogen) atoms. The monoisotopic (exact) mass is 195 g/mol. The van der Waals surface area contributed by atoms with Crippen molar-refractivity contribution in [1.82, 2.24) is 0 Å². The molecule has 0 atom stereocenters. The Morgan fingerprint density at radius 3 is 3.07 bits per heavy atom. The van der Waals surface area contributed by atoms with Crippen LogP contribution in [0.3, 0.4) is 0 Å². The maximum atomic E-state index is 8.39. The van der Waals surface area contributed by atoms with E-state index in [1.54, 1.807) is 12.1 Å². The smallest absolute Gasteiger partial charge is 0.231 e. The molecule has 0 amide bonds. The zero-order valence-corrected chi connectivity index (χ0v) is 7.56. The fourth-order valence-electron chi connectivity index (χ4n) is 1.29. The summed E-state index contributed by atoms with van der Waals surface area (Å²) < 4.78 is 15.5. The molecule has 1 heterocycles. The van der Waals surface area contributed by atoms with Gasteiger partial charge < -0.3 is 19.4 Å². The summed E-state index contributed by atoms with van der Waals surface area (Å²) in [5, 5.41) is 11.3. The Morgan fingerprint density at radius 1 is 1.50 bits per heavy atom. The van der Waals surface area contributed by atoms with E-state index in [1.165, 1.54) is 13.3 Å². The highest BCUT2D eigenvalue weighted by Crippen LogP contribution is 2.41. The van der Waals surface area contributed by atoms with Crippen LogP contribution in [-0.4, -0.2) is 25.3 Å². The zero-order valence-electron chi connectivity index (χ0n) is 7.56. The summed E-state index contributed by atoms with van der Waals surface area (Å²) in [6.07, 6.45) is 1.30. The average Bonchev–Trinajstić information content (AvgIpc) is 2.65. The molecule has 0 spiro atoms. The van der Waals surface area contributed by atoms with Crippen molar-refractivity contribution in [2.75, 3.05) is 13.9 Å². The van der Waals surface area contributed by atoms with E-state index in [0.29, 0.717) is 22.8 Å². The Bertz CT molecular complexity index is 375. The number of oxime groups is 1. The Hall–Kier alpha value is -1.91. The van der Waals surface area contributed by atoms with Crippen LogP contribution in [0.15, 0.2) is 17.3 Å². The van der Waals surface area contributed by atoms with Crippen molar-refractivity contribution < 1.29 is 19.4 Å². The second kappa shape index (κ2) is 3.45. The van der Waals surface area contributed by atoms with Crippen LogP contribution in [-0.2, 0) is 0 Å². The van der Waals surface area contributed by atoms with Crippen molar-refractivity contribution in [1.29, 1.82) is 0 Å². The van der Waals surface area contributed by atoms with Crippen LogP contribution in [0.5, 0.6) is 17.2 Å². The fraction of sp³-hybridized carbons (Fsp3) is 0.222. The van der Waals surface area contributed by atoms with Gasteiger partial charge in [0, 0.05) is 5.56 Å². The highest BCUT2D eigenvalue weighted by atomic mass is 16.7. The molecule has 0 radical (unpaired) electrons. The number of methoxy groups -OCH3 is 1. The standard InChI is InChI=1S/C9H9NO4/c1-12-7-2-6(4-10-11)3-8-9(7)14-5-13-8/h2-4,11H,5H2,1H3. The molecule has 0 saturated heterocycles. The first-order chi connectivity index (χ1) is 6.85. The molecule has 2 rings (SSSR count). The summed E-state index contributed by atoms with van der Waals surface area (Å²) in [4.78, 5) is 0. The molecule has 1 N–H and O–H groups in total. The van der Waals surface area contributed by atoms with Gasteiger partial charge in [-0.2, -0.15) is 0 Å². The molecule has 5 heteroatoms. The lowest BCUT2D eigenvalue weighted by molar-refractivity contribution is 0.171. The van der Waals surface area contributed by atoms with Crippen LogP contribution >= 0.6 is 0 Å². The third-order valence-corrected chi connectivity index (χ3v) is 1.89. The average molecular weight is 195 g/mol. The topological polar surface area (TPSA) is 60.3 Å². The molecule has 0 unspecified atom stereocenters. The van der Waals surface area contributed by atoms with Gasteiger partial charge in [-0.15, -0.1) is 0 Å². The molecule has 74 valence electrons. The lowest BCUT2D eigenvalue weighted by atomic mass is 10.2. The molecule has 0 bridgehead atoms. The number of ether oxygens (including phenoxy) is 3. The lowest BCUT2D eigenvalue weighted by Gasteiger charge is -2.04. The number of rotatable bonds is 2. The highest BCUT2D eigenvalue weighted by Gasteiger charge is 2.19. The Balaban J connectivity index is 2.49. The third kappa shape index (κ3) is 1.32. The first-order valence-corrected chi connectivity index (χ1v) is 4.00. The van der Waals surface area contributed by atoms with Crippen molar-refractivity contribution in [3.05, 3.63) is 17.7 Å². The van der Waals surface area contributed by atoms with Crippen molar-refractivity contribution in [3.8, 4) is 17.2 Å². The quantitative estimate of drug-likeness (QED) is 0.438. The molecule has 5 nitrogen and oxygen atoms in total. The van der Waals surface area contributed by atoms with Crippen LogP contribution in [0.4, 0.5) is 0 Å². The second-order valence-electron chi connectivity index (χ2n) is 2.70. The molecular formula is C9H9NO4. The van der Waals surface area contributed by atoms with Gasteiger partial charge in [-0.1, -0.05) is 5.16 Å². The fourth-order valence-corrected chi connectivity index (χ4v) is 1.29. The van der Waals surface area contributed by atoms with E-state index in [0.717, 1.165) is 0 Å². The van der Waals surface area contributed by atoms with Crippen LogP contribution in [0.1, 0.15) is 5.56 Å². The predicted molar refractivity (Wildman–Crippen MR) is 48.5 cm³/mol. The highest BCUT2D eigenvalue weighted by molar-refractivity contribution is 5.82. The minimum Gasteiger partial charge on any atom is -0.493 e. The van der Waals surface area contributed by atoms with E-state index in [4.69, 9.17) is 19.4 Å².